The van der Waals surface area contributed by atoms with Gasteiger partial charge in [-0.25, -0.2) is 0 Å². The third-order valence-corrected chi connectivity index (χ3v) is 15.0. The zero-order valence-electron chi connectivity index (χ0n) is 31.8. The predicted molar refractivity (Wildman–Crippen MR) is 186 cm³/mol. The smallest absolute Gasteiger partial charge is 0.314 e. The van der Waals surface area contributed by atoms with E-state index in [4.69, 9.17) is 28.4 Å². The molecule has 18 nitrogen and oxygen atoms in total. The first kappa shape index (κ1) is 42.7. The monoisotopic (exact) mass is 804 g/mol. The lowest BCUT2D eigenvalue weighted by atomic mass is 9.41. The van der Waals surface area contributed by atoms with Gasteiger partial charge in [0.1, 0.15) is 73.2 Å². The van der Waals surface area contributed by atoms with Crippen molar-refractivity contribution in [3.63, 3.8) is 0 Å². The zero-order chi connectivity index (χ0) is 40.7. The Bertz CT molecular complexity index is 1450. The van der Waals surface area contributed by atoms with Gasteiger partial charge in [0, 0.05) is 0 Å². The number of carbonyl (C=O) groups is 1. The Morgan fingerprint density at radius 1 is 0.679 bits per heavy atom. The second-order valence-corrected chi connectivity index (χ2v) is 18.0. The van der Waals surface area contributed by atoms with Gasteiger partial charge in [-0.05, 0) is 86.5 Å². The number of carbonyl (C=O) groups excluding carboxylic acids is 1. The Labute approximate surface area is 324 Å². The topological polar surface area (TPSA) is 295 Å². The summed E-state index contributed by atoms with van der Waals surface area (Å²) in [5, 5.41) is 114. The van der Waals surface area contributed by atoms with Crippen LogP contribution in [0, 0.1) is 28.1 Å². The van der Waals surface area contributed by atoms with Crippen molar-refractivity contribution in [1.29, 1.82) is 0 Å². The van der Waals surface area contributed by atoms with Crippen molar-refractivity contribution in [1.82, 2.24) is 0 Å². The molecule has 56 heavy (non-hydrogen) atoms. The van der Waals surface area contributed by atoms with Crippen molar-refractivity contribution < 1.29 is 89.4 Å². The minimum absolute atomic E-state index is 0.116. The molecule has 21 atom stereocenters. The number of hydrogen-bond donors (Lipinski definition) is 11. The number of rotatable bonds is 9. The fourth-order valence-electron chi connectivity index (χ4n) is 12.0. The Morgan fingerprint density at radius 3 is 1.86 bits per heavy atom. The first-order valence-electron chi connectivity index (χ1n) is 19.9. The summed E-state index contributed by atoms with van der Waals surface area (Å²) in [5.41, 5.74) is -1.72. The molecule has 4 saturated carbocycles. The van der Waals surface area contributed by atoms with Gasteiger partial charge in [-0.1, -0.05) is 19.9 Å². The maximum atomic E-state index is 14.1. The van der Waals surface area contributed by atoms with Gasteiger partial charge >= 0.3 is 5.97 Å². The second-order valence-electron chi connectivity index (χ2n) is 18.0. The number of aliphatic hydroxyl groups is 11. The van der Waals surface area contributed by atoms with Crippen molar-refractivity contribution >= 4 is 5.97 Å². The van der Waals surface area contributed by atoms with Gasteiger partial charge in [0.15, 0.2) is 12.6 Å². The van der Waals surface area contributed by atoms with Crippen LogP contribution in [0.5, 0.6) is 0 Å². The fraction of sp³-hybridized carbons (Fsp3) is 0.921. The van der Waals surface area contributed by atoms with Crippen LogP contribution in [0.25, 0.3) is 0 Å². The van der Waals surface area contributed by atoms with Crippen LogP contribution in [0.3, 0.4) is 0 Å². The molecule has 3 aliphatic heterocycles. The van der Waals surface area contributed by atoms with E-state index >= 15 is 0 Å². The average molecular weight is 805 g/mol. The SMILES string of the molecule is C=C1C[C@@]23CCC4[C@@](C)(CCC[C@@]4(C)C(=O)OC4O[C@H](CO)[C@@H](O)[C@H](O)[C@H]4O)C2CC[C@@]1(OC1O[C@H](CO)[C@@H](O)[C@H](O[C@@H]2O[C@H](CO)[C@@H](O)[C@H](O)[C@H]2O)[C@H]1O)C3. The lowest BCUT2D eigenvalue weighted by Crippen LogP contribution is -2.65. The molecular weight excluding hydrogens is 744 g/mol. The van der Waals surface area contributed by atoms with E-state index < -0.39 is 129 Å². The van der Waals surface area contributed by atoms with Gasteiger partial charge in [0.05, 0.1) is 30.8 Å². The molecule has 0 aromatic rings. The summed E-state index contributed by atoms with van der Waals surface area (Å²) >= 11 is 0. The molecular formula is C38H60O18. The quantitative estimate of drug-likeness (QED) is 0.0631. The van der Waals surface area contributed by atoms with Gasteiger partial charge in [-0.3, -0.25) is 4.79 Å². The number of fused-ring (bicyclic) bond motifs is 3. The summed E-state index contributed by atoms with van der Waals surface area (Å²) < 4.78 is 35.1. The second kappa shape index (κ2) is 15.6. The molecule has 1 spiro atoms. The summed E-state index contributed by atoms with van der Waals surface area (Å²) in [4.78, 5) is 14.1. The van der Waals surface area contributed by atoms with Crippen molar-refractivity contribution in [3.05, 3.63) is 12.2 Å². The molecule has 0 aromatic carbocycles. The van der Waals surface area contributed by atoms with Gasteiger partial charge in [-0.2, -0.15) is 0 Å². The third-order valence-electron chi connectivity index (χ3n) is 15.0. The maximum absolute atomic E-state index is 14.1. The van der Waals surface area contributed by atoms with Crippen LogP contribution >= 0.6 is 0 Å². The highest BCUT2D eigenvalue weighted by atomic mass is 16.7. The average Bonchev–Trinajstić information content (AvgIpc) is 3.37. The van der Waals surface area contributed by atoms with E-state index in [0.29, 0.717) is 38.5 Å². The molecule has 11 N–H and O–H groups in total. The van der Waals surface area contributed by atoms with Crippen LogP contribution in [-0.2, 0) is 33.2 Å². The molecule has 3 saturated heterocycles. The van der Waals surface area contributed by atoms with Crippen molar-refractivity contribution in [2.45, 2.75) is 169 Å². The molecule has 0 aromatic heterocycles. The van der Waals surface area contributed by atoms with Crippen molar-refractivity contribution in [2.24, 2.45) is 28.1 Å². The highest BCUT2D eigenvalue weighted by molar-refractivity contribution is 5.77. The first-order valence-corrected chi connectivity index (χ1v) is 19.9. The summed E-state index contributed by atoms with van der Waals surface area (Å²) in [6.07, 6.45) is -17.7. The summed E-state index contributed by atoms with van der Waals surface area (Å²) in [7, 11) is 0. The molecule has 320 valence electrons. The summed E-state index contributed by atoms with van der Waals surface area (Å²) in [6.45, 7) is 6.50. The van der Waals surface area contributed by atoms with E-state index in [-0.39, 0.29) is 22.7 Å². The standard InChI is InChI=1S/C38H60O18/c1-16-11-37-9-5-20-35(2,7-4-8-36(20,3)34(50)55-32-28(48)26(46)23(43)18(13-40)52-32)21(37)6-10-38(16,15-37)56-33-29(49)30(24(44)19(14-41)53-33)54-31-27(47)25(45)22(42)17(12-39)51-31/h17-33,39-49H,1,4-15H2,2-3H3/t17-,18-,19-,20?,21?,22-,23-,24-,25+,26+,27-,28-,29-,30+,31+,32?,33?,35-,36-,37-,38-/m1/s1. The van der Waals surface area contributed by atoms with Crippen molar-refractivity contribution in [2.75, 3.05) is 19.8 Å². The largest absolute Gasteiger partial charge is 0.432 e. The van der Waals surface area contributed by atoms with Crippen LogP contribution in [0.15, 0.2) is 12.2 Å². The molecule has 7 fully saturated rings. The van der Waals surface area contributed by atoms with Gasteiger partial charge < -0.3 is 84.6 Å². The van der Waals surface area contributed by atoms with Gasteiger partial charge in [0.2, 0.25) is 6.29 Å². The Balaban J connectivity index is 1.07. The van der Waals surface area contributed by atoms with Gasteiger partial charge in [-0.15, -0.1) is 0 Å². The highest BCUT2D eigenvalue weighted by Gasteiger charge is 2.69. The number of ether oxygens (including phenoxy) is 6. The molecule has 0 radical (unpaired) electrons. The van der Waals surface area contributed by atoms with E-state index in [9.17, 15) is 61.0 Å². The molecule has 0 amide bonds. The number of hydrogen-bond acceptors (Lipinski definition) is 18. The van der Waals surface area contributed by atoms with Gasteiger partial charge in [0.25, 0.3) is 0 Å². The molecule has 7 rings (SSSR count). The Kier molecular flexibility index (Phi) is 11.9. The van der Waals surface area contributed by atoms with Crippen LogP contribution in [0.4, 0.5) is 0 Å². The van der Waals surface area contributed by atoms with Crippen LogP contribution in [0.1, 0.15) is 71.6 Å². The Hall–Kier alpha value is -1.43. The van der Waals surface area contributed by atoms with Crippen LogP contribution < -0.4 is 0 Å². The molecule has 4 unspecified atom stereocenters. The summed E-state index contributed by atoms with van der Waals surface area (Å²) in [6, 6.07) is 0. The minimum atomic E-state index is -1.81. The lowest BCUT2D eigenvalue weighted by molar-refractivity contribution is -0.369. The van der Waals surface area contributed by atoms with Crippen LogP contribution in [-0.4, -0.2) is 180 Å². The van der Waals surface area contributed by atoms with Crippen molar-refractivity contribution in [3.8, 4) is 0 Å². The molecule has 18 heteroatoms. The number of aliphatic hydroxyl groups excluding tert-OH is 11. The van der Waals surface area contributed by atoms with E-state index in [2.05, 4.69) is 13.5 Å². The summed E-state index contributed by atoms with van der Waals surface area (Å²) in [5.74, 6) is -0.562. The molecule has 3 heterocycles. The van der Waals surface area contributed by atoms with E-state index in [1.165, 1.54) is 0 Å². The van der Waals surface area contributed by atoms with E-state index in [1.54, 1.807) is 0 Å². The first-order chi connectivity index (χ1) is 26.4. The normalized spacial score (nSPS) is 54.6. The lowest BCUT2D eigenvalue weighted by Gasteiger charge is -2.64. The van der Waals surface area contributed by atoms with E-state index in [0.717, 1.165) is 24.8 Å². The highest BCUT2D eigenvalue weighted by Crippen LogP contribution is 2.73. The minimum Gasteiger partial charge on any atom is -0.432 e. The maximum Gasteiger partial charge on any atom is 0.314 e. The zero-order valence-corrected chi connectivity index (χ0v) is 31.8. The molecule has 4 aliphatic carbocycles. The van der Waals surface area contributed by atoms with E-state index in [1.807, 2.05) is 6.92 Å². The fourth-order valence-corrected chi connectivity index (χ4v) is 12.0. The third kappa shape index (κ3) is 6.69. The Morgan fingerprint density at radius 2 is 1.23 bits per heavy atom. The molecule has 2 bridgehead atoms. The van der Waals surface area contributed by atoms with Crippen LogP contribution in [0.2, 0.25) is 0 Å². The molecule has 7 aliphatic rings. The predicted octanol–water partition coefficient (Wildman–Crippen LogP) is -2.94. The number of esters is 1.